The minimum atomic E-state index is 0.101. The van der Waals surface area contributed by atoms with Gasteiger partial charge in [0.05, 0.1) is 9.27 Å². The molecule has 0 aromatic carbocycles. The minimum absolute atomic E-state index is 0.101. The van der Waals surface area contributed by atoms with Crippen LogP contribution in [0.25, 0.3) is 3.58 Å². The van der Waals surface area contributed by atoms with E-state index in [1.54, 1.807) is 6.07 Å². The number of pyridine rings is 1. The molecule has 0 radical (unpaired) electrons. The smallest absolute Gasteiger partial charge is 0.129 e. The first-order chi connectivity index (χ1) is 9.13. The van der Waals surface area contributed by atoms with Crippen molar-refractivity contribution in [3.05, 3.63) is 35.3 Å². The zero-order valence-electron chi connectivity index (χ0n) is 10.8. The Bertz CT molecular complexity index is 508. The van der Waals surface area contributed by atoms with Crippen LogP contribution in [0.1, 0.15) is 25.0 Å². The number of hydrogen-bond donors (Lipinski definition) is 0. The van der Waals surface area contributed by atoms with Gasteiger partial charge in [-0.1, -0.05) is 18.2 Å². The van der Waals surface area contributed by atoms with Crippen molar-refractivity contribution in [1.82, 2.24) is 4.98 Å². The van der Waals surface area contributed by atoms with Gasteiger partial charge < -0.3 is 9.64 Å². The van der Waals surface area contributed by atoms with Crippen LogP contribution in [-0.2, 0) is 4.74 Å². The van der Waals surface area contributed by atoms with E-state index >= 15 is 0 Å². The monoisotopic (exact) mass is 390 g/mol. The quantitative estimate of drug-likeness (QED) is 0.438. The molecule has 3 nitrogen and oxygen atoms in total. The molecule has 0 N–H and O–H groups in total. The Kier molecular flexibility index (Phi) is 5.28. The molecule has 0 spiro atoms. The fraction of sp³-hybridized carbons (Fsp3) is 0.429. The predicted octanol–water partition coefficient (Wildman–Crippen LogP) is 4.26. The Hall–Kier alpha value is -0.550. The van der Waals surface area contributed by atoms with E-state index < -0.39 is 0 Å². The molecule has 0 amide bonds. The number of hydrogen-bond acceptors (Lipinski definition) is 3. The Labute approximate surface area is 132 Å². The van der Waals surface area contributed by atoms with Crippen LogP contribution < -0.4 is 4.90 Å². The van der Waals surface area contributed by atoms with Crippen molar-refractivity contribution < 1.29 is 4.74 Å². The molecule has 0 saturated carbocycles. The van der Waals surface area contributed by atoms with Crippen LogP contribution in [0, 0.1) is 0 Å². The second-order valence-corrected chi connectivity index (χ2v) is 5.89. The molecule has 2 rings (SSSR count). The van der Waals surface area contributed by atoms with E-state index in [-0.39, 0.29) is 6.23 Å². The van der Waals surface area contributed by atoms with Crippen molar-refractivity contribution in [3.63, 3.8) is 0 Å². The highest BCUT2D eigenvalue weighted by Crippen LogP contribution is 2.32. The van der Waals surface area contributed by atoms with Gasteiger partial charge in [0.1, 0.15) is 17.1 Å². The van der Waals surface area contributed by atoms with Crippen LogP contribution in [0.15, 0.2) is 24.4 Å². The average molecular weight is 391 g/mol. The van der Waals surface area contributed by atoms with Gasteiger partial charge in [-0.05, 0) is 54.0 Å². The summed E-state index contributed by atoms with van der Waals surface area (Å²) in [6.07, 6.45) is 3.47. The summed E-state index contributed by atoms with van der Waals surface area (Å²) in [5, 5.41) is 0.473. The van der Waals surface area contributed by atoms with Gasteiger partial charge in [-0.15, -0.1) is 5.73 Å². The molecule has 0 bridgehead atoms. The summed E-state index contributed by atoms with van der Waals surface area (Å²) < 4.78 is 6.67. The Morgan fingerprint density at radius 1 is 1.58 bits per heavy atom. The van der Waals surface area contributed by atoms with Gasteiger partial charge >= 0.3 is 0 Å². The molecule has 1 fully saturated rings. The first kappa shape index (κ1) is 14.9. The number of ether oxygens (including phenoxy) is 1. The third kappa shape index (κ3) is 3.51. The summed E-state index contributed by atoms with van der Waals surface area (Å²) in [6.45, 7) is 4.50. The molecule has 1 saturated heterocycles. The number of aromatic nitrogens is 1. The van der Waals surface area contributed by atoms with Crippen molar-refractivity contribution in [2.45, 2.75) is 25.5 Å². The van der Waals surface area contributed by atoms with E-state index in [9.17, 15) is 0 Å². The van der Waals surface area contributed by atoms with Crippen LogP contribution in [0.3, 0.4) is 0 Å². The fourth-order valence-corrected chi connectivity index (χ4v) is 2.69. The second kappa shape index (κ2) is 6.75. The SMILES string of the molecule is C=C=C(I)c1nc(Cl)ccc1N(C)C1CCCCO1. The topological polar surface area (TPSA) is 25.4 Å². The van der Waals surface area contributed by atoms with Gasteiger partial charge in [-0.3, -0.25) is 0 Å². The summed E-state index contributed by atoms with van der Waals surface area (Å²) in [4.78, 5) is 6.50. The number of rotatable bonds is 3. The maximum absolute atomic E-state index is 5.98. The zero-order valence-corrected chi connectivity index (χ0v) is 13.7. The highest BCUT2D eigenvalue weighted by atomic mass is 127. The predicted molar refractivity (Wildman–Crippen MR) is 87.8 cm³/mol. The molecule has 2 heterocycles. The first-order valence-corrected chi connectivity index (χ1v) is 7.66. The average Bonchev–Trinajstić information content (AvgIpc) is 2.46. The van der Waals surface area contributed by atoms with Crippen LogP contribution in [0.5, 0.6) is 0 Å². The molecule has 1 unspecified atom stereocenters. The van der Waals surface area contributed by atoms with E-state index in [0.29, 0.717) is 5.15 Å². The lowest BCUT2D eigenvalue weighted by molar-refractivity contribution is 0.0173. The van der Waals surface area contributed by atoms with Gasteiger partial charge in [-0.2, -0.15) is 0 Å². The molecule has 1 aromatic heterocycles. The van der Waals surface area contributed by atoms with E-state index in [4.69, 9.17) is 16.3 Å². The molecule has 0 aliphatic carbocycles. The highest BCUT2D eigenvalue weighted by molar-refractivity contribution is 14.1. The molecule has 1 aromatic rings. The lowest BCUT2D eigenvalue weighted by Gasteiger charge is -2.33. The Morgan fingerprint density at radius 2 is 2.37 bits per heavy atom. The molecule has 1 atom stereocenters. The second-order valence-electron chi connectivity index (χ2n) is 4.42. The molecule has 1 aliphatic heterocycles. The first-order valence-electron chi connectivity index (χ1n) is 6.20. The fourth-order valence-electron chi connectivity index (χ4n) is 2.14. The summed E-state index contributed by atoms with van der Waals surface area (Å²) in [6, 6.07) is 3.77. The van der Waals surface area contributed by atoms with Crippen molar-refractivity contribution in [2.75, 3.05) is 18.6 Å². The third-order valence-electron chi connectivity index (χ3n) is 3.17. The summed E-state index contributed by atoms with van der Waals surface area (Å²) in [5.41, 5.74) is 4.67. The van der Waals surface area contributed by atoms with Gasteiger partial charge in [0, 0.05) is 13.7 Å². The standard InChI is InChI=1S/C14H16ClIN2O/c1-3-10(16)14-11(7-8-12(15)17-14)18(2)13-6-4-5-9-19-13/h7-8,13H,1,4-6,9H2,2H3. The van der Waals surface area contributed by atoms with E-state index in [0.717, 1.165) is 34.4 Å². The molecular weight excluding hydrogens is 375 g/mol. The summed E-state index contributed by atoms with van der Waals surface area (Å²) >= 11 is 8.15. The van der Waals surface area contributed by atoms with Gasteiger partial charge in [-0.25, -0.2) is 4.98 Å². The van der Waals surface area contributed by atoms with Crippen molar-refractivity contribution in [3.8, 4) is 0 Å². The largest absolute Gasteiger partial charge is 0.358 e. The van der Waals surface area contributed by atoms with E-state index in [1.165, 1.54) is 6.42 Å². The Morgan fingerprint density at radius 3 is 3.00 bits per heavy atom. The number of nitrogens with zero attached hydrogens (tertiary/aromatic N) is 2. The molecule has 19 heavy (non-hydrogen) atoms. The van der Waals surface area contributed by atoms with Crippen molar-refractivity contribution >= 4 is 43.5 Å². The molecule has 1 aliphatic rings. The van der Waals surface area contributed by atoms with Crippen LogP contribution >= 0.6 is 34.2 Å². The highest BCUT2D eigenvalue weighted by Gasteiger charge is 2.22. The molecular formula is C14H16ClIN2O. The summed E-state index contributed by atoms with van der Waals surface area (Å²) in [7, 11) is 2.03. The maximum Gasteiger partial charge on any atom is 0.129 e. The van der Waals surface area contributed by atoms with Crippen molar-refractivity contribution in [2.24, 2.45) is 0 Å². The normalized spacial score (nSPS) is 18.8. The molecule has 102 valence electrons. The minimum Gasteiger partial charge on any atom is -0.358 e. The Balaban J connectivity index is 2.35. The van der Waals surface area contributed by atoms with Crippen LogP contribution in [-0.4, -0.2) is 24.9 Å². The van der Waals surface area contributed by atoms with Crippen LogP contribution in [0.4, 0.5) is 5.69 Å². The van der Waals surface area contributed by atoms with E-state index in [2.05, 4.69) is 44.8 Å². The molecule has 5 heteroatoms. The maximum atomic E-state index is 5.98. The van der Waals surface area contributed by atoms with Gasteiger partial charge in [0.2, 0.25) is 0 Å². The van der Waals surface area contributed by atoms with Crippen molar-refractivity contribution in [1.29, 1.82) is 0 Å². The number of halogens is 2. The van der Waals surface area contributed by atoms with Gasteiger partial charge in [0.25, 0.3) is 0 Å². The number of anilines is 1. The lowest BCUT2D eigenvalue weighted by atomic mass is 10.1. The van der Waals surface area contributed by atoms with Gasteiger partial charge in [0.15, 0.2) is 0 Å². The summed E-state index contributed by atoms with van der Waals surface area (Å²) in [5.74, 6) is 0. The lowest BCUT2D eigenvalue weighted by Crippen LogP contribution is -2.37. The van der Waals surface area contributed by atoms with Crippen LogP contribution in [0.2, 0.25) is 5.15 Å². The third-order valence-corrected chi connectivity index (χ3v) is 4.27. The van der Waals surface area contributed by atoms with E-state index in [1.807, 2.05) is 13.1 Å². The zero-order chi connectivity index (χ0) is 13.8.